The van der Waals surface area contributed by atoms with Gasteiger partial charge < -0.3 is 14.7 Å². The molecular weight excluding hydrogens is 418 g/mol. The first-order chi connectivity index (χ1) is 15.4. The summed E-state index contributed by atoms with van der Waals surface area (Å²) >= 11 is 0. The quantitative estimate of drug-likeness (QED) is 0.689. The summed E-state index contributed by atoms with van der Waals surface area (Å²) in [4.78, 5) is 40.7. The van der Waals surface area contributed by atoms with Crippen LogP contribution >= 0.6 is 0 Å². The lowest BCUT2D eigenvalue weighted by Crippen LogP contribution is -2.45. The smallest absolute Gasteiger partial charge is 0.323 e. The number of benzene rings is 1. The van der Waals surface area contributed by atoms with Crippen LogP contribution < -0.4 is 4.74 Å². The van der Waals surface area contributed by atoms with E-state index in [1.807, 2.05) is 58.9 Å². The third-order valence-electron chi connectivity index (χ3n) is 6.84. The normalized spacial score (nSPS) is 22.3. The van der Waals surface area contributed by atoms with Crippen molar-refractivity contribution in [1.82, 2.24) is 4.90 Å². The fourth-order valence-electron chi connectivity index (χ4n) is 5.63. The van der Waals surface area contributed by atoms with E-state index in [0.717, 1.165) is 22.7 Å². The summed E-state index contributed by atoms with van der Waals surface area (Å²) in [6.45, 7) is 10.4. The van der Waals surface area contributed by atoms with E-state index >= 15 is 0 Å². The number of nitrogens with zero attached hydrogens (tertiary/aromatic N) is 1. The van der Waals surface area contributed by atoms with E-state index < -0.39 is 11.9 Å². The number of carboxylic acid groups (broad SMARTS) is 1. The fourth-order valence-corrected chi connectivity index (χ4v) is 5.63. The second kappa shape index (κ2) is 8.15. The monoisotopic (exact) mass is 451 g/mol. The van der Waals surface area contributed by atoms with E-state index in [-0.39, 0.29) is 28.9 Å². The lowest BCUT2D eigenvalue weighted by molar-refractivity contribution is -0.138. The van der Waals surface area contributed by atoms with Crippen LogP contribution in [-0.4, -0.2) is 40.7 Å². The van der Waals surface area contributed by atoms with Gasteiger partial charge >= 0.3 is 5.97 Å². The van der Waals surface area contributed by atoms with Gasteiger partial charge in [0.25, 0.3) is 0 Å². The number of hydrogen-bond donors (Lipinski definition) is 1. The summed E-state index contributed by atoms with van der Waals surface area (Å²) in [6, 6.07) is 7.60. The van der Waals surface area contributed by atoms with Gasteiger partial charge in [0, 0.05) is 41.3 Å². The van der Waals surface area contributed by atoms with E-state index in [1.54, 1.807) is 4.90 Å². The Kier molecular flexibility index (Phi) is 5.75. The van der Waals surface area contributed by atoms with Crippen LogP contribution in [0.3, 0.4) is 0 Å². The molecule has 6 heteroatoms. The number of hydrogen-bond acceptors (Lipinski definition) is 5. The summed E-state index contributed by atoms with van der Waals surface area (Å²) in [5.41, 5.74) is 3.03. The van der Waals surface area contributed by atoms with Crippen LogP contribution in [0.5, 0.6) is 5.75 Å². The molecule has 0 radical (unpaired) electrons. The number of Topliss-reactive ketones (excluding diaryl/α,β-unsaturated/α-hetero) is 2. The molecule has 0 atom stereocenters. The predicted molar refractivity (Wildman–Crippen MR) is 125 cm³/mol. The second-order valence-electron chi connectivity index (χ2n) is 11.0. The number of rotatable bonds is 5. The molecule has 1 aromatic carbocycles. The Morgan fingerprint density at radius 3 is 1.85 bits per heavy atom. The van der Waals surface area contributed by atoms with Gasteiger partial charge in [-0.3, -0.25) is 14.4 Å². The van der Waals surface area contributed by atoms with Crippen molar-refractivity contribution >= 4 is 17.5 Å². The van der Waals surface area contributed by atoms with Crippen LogP contribution in [0.2, 0.25) is 0 Å². The van der Waals surface area contributed by atoms with E-state index in [0.29, 0.717) is 43.4 Å². The number of carbonyl (C=O) groups is 3. The minimum absolute atomic E-state index is 0.000271. The van der Waals surface area contributed by atoms with Gasteiger partial charge in [0.15, 0.2) is 11.6 Å². The Morgan fingerprint density at radius 1 is 0.939 bits per heavy atom. The van der Waals surface area contributed by atoms with E-state index in [1.165, 1.54) is 0 Å². The zero-order chi connectivity index (χ0) is 24.1. The van der Waals surface area contributed by atoms with Crippen molar-refractivity contribution in [2.75, 3.05) is 13.2 Å². The molecular formula is C27H33NO5. The first kappa shape index (κ1) is 23.3. The van der Waals surface area contributed by atoms with Gasteiger partial charge in [-0.25, -0.2) is 0 Å². The molecule has 0 fully saturated rings. The largest absolute Gasteiger partial charge is 0.494 e. The summed E-state index contributed by atoms with van der Waals surface area (Å²) in [5, 5.41) is 9.73. The molecule has 6 nitrogen and oxygen atoms in total. The molecule has 1 heterocycles. The first-order valence-electron chi connectivity index (χ1n) is 11.7. The lowest BCUT2D eigenvalue weighted by atomic mass is 9.63. The summed E-state index contributed by atoms with van der Waals surface area (Å²) < 4.78 is 5.59. The summed E-state index contributed by atoms with van der Waals surface area (Å²) in [6.07, 6.45) is 1.95. The third-order valence-corrected chi connectivity index (χ3v) is 6.84. The third kappa shape index (κ3) is 4.35. The first-order valence-corrected chi connectivity index (χ1v) is 11.7. The average molecular weight is 452 g/mol. The Labute approximate surface area is 195 Å². The molecule has 4 rings (SSSR count). The van der Waals surface area contributed by atoms with Crippen molar-refractivity contribution in [3.8, 4) is 5.75 Å². The number of ether oxygens (including phenoxy) is 1. The van der Waals surface area contributed by atoms with Crippen molar-refractivity contribution in [1.29, 1.82) is 0 Å². The molecule has 0 saturated heterocycles. The van der Waals surface area contributed by atoms with Gasteiger partial charge in [0.05, 0.1) is 6.61 Å². The van der Waals surface area contributed by atoms with E-state index in [9.17, 15) is 19.5 Å². The highest BCUT2D eigenvalue weighted by atomic mass is 16.5. The molecule has 0 amide bonds. The van der Waals surface area contributed by atoms with Crippen molar-refractivity contribution in [3.63, 3.8) is 0 Å². The summed E-state index contributed by atoms with van der Waals surface area (Å²) in [7, 11) is 0. The zero-order valence-electron chi connectivity index (χ0n) is 20.2. The highest BCUT2D eigenvalue weighted by Gasteiger charge is 2.49. The minimum atomic E-state index is -0.972. The van der Waals surface area contributed by atoms with E-state index in [4.69, 9.17) is 4.74 Å². The van der Waals surface area contributed by atoms with Gasteiger partial charge in [-0.2, -0.15) is 0 Å². The number of allylic oxidation sites excluding steroid dienone is 4. The topological polar surface area (TPSA) is 83.9 Å². The fraction of sp³-hybridized carbons (Fsp3) is 0.519. The Morgan fingerprint density at radius 2 is 1.42 bits per heavy atom. The van der Waals surface area contributed by atoms with Crippen LogP contribution in [0.15, 0.2) is 46.8 Å². The van der Waals surface area contributed by atoms with Gasteiger partial charge in [-0.1, -0.05) is 39.8 Å². The molecule has 1 aromatic rings. The Balaban J connectivity index is 1.95. The molecule has 0 unspecified atom stereocenters. The van der Waals surface area contributed by atoms with Crippen LogP contribution in [-0.2, 0) is 14.4 Å². The Hall–Kier alpha value is -2.89. The zero-order valence-corrected chi connectivity index (χ0v) is 20.2. The maximum Gasteiger partial charge on any atom is 0.323 e. The molecule has 2 aliphatic carbocycles. The molecule has 0 saturated carbocycles. The van der Waals surface area contributed by atoms with Crippen LogP contribution in [0.1, 0.15) is 71.8 Å². The molecule has 0 aromatic heterocycles. The number of carboxylic acids is 1. The van der Waals surface area contributed by atoms with Crippen molar-refractivity contribution in [2.24, 2.45) is 10.8 Å². The van der Waals surface area contributed by atoms with Crippen molar-refractivity contribution < 1.29 is 24.2 Å². The molecule has 0 bridgehead atoms. The lowest BCUT2D eigenvalue weighted by Gasteiger charge is -2.48. The van der Waals surface area contributed by atoms with Gasteiger partial charge in [0.1, 0.15) is 12.3 Å². The van der Waals surface area contributed by atoms with Crippen LogP contribution in [0.4, 0.5) is 0 Å². The average Bonchev–Trinajstić information content (AvgIpc) is 2.68. The number of aliphatic carboxylic acids is 1. The molecule has 33 heavy (non-hydrogen) atoms. The molecule has 3 aliphatic rings. The van der Waals surface area contributed by atoms with Gasteiger partial charge in [-0.05, 0) is 48.3 Å². The molecule has 176 valence electrons. The van der Waals surface area contributed by atoms with Gasteiger partial charge in [0.2, 0.25) is 0 Å². The molecule has 0 spiro atoms. The van der Waals surface area contributed by atoms with E-state index in [2.05, 4.69) is 0 Å². The van der Waals surface area contributed by atoms with Gasteiger partial charge in [-0.15, -0.1) is 0 Å². The van der Waals surface area contributed by atoms with Crippen molar-refractivity contribution in [3.05, 3.63) is 52.4 Å². The minimum Gasteiger partial charge on any atom is -0.494 e. The number of carbonyl (C=O) groups excluding carboxylic acids is 2. The maximum atomic E-state index is 13.5. The maximum absolute atomic E-state index is 13.5. The SMILES string of the molecule is CCOc1ccc(C2C3=C(CC(C)(C)CC3=O)N(CC(=O)O)C3=C2C(=O)CC(C)(C)C3)cc1. The highest BCUT2D eigenvalue weighted by molar-refractivity contribution is 6.07. The molecule has 1 aliphatic heterocycles. The number of ketones is 2. The second-order valence-corrected chi connectivity index (χ2v) is 11.0. The van der Waals surface area contributed by atoms with Crippen molar-refractivity contribution in [2.45, 2.75) is 66.2 Å². The summed E-state index contributed by atoms with van der Waals surface area (Å²) in [5.74, 6) is -0.706. The Bertz CT molecular complexity index is 1020. The standard InChI is InChI=1S/C27H33NO5/c1-6-33-17-9-7-16(8-10-17)23-24-18(11-26(2,3)13-20(24)29)28(15-22(31)32)19-12-27(4,5)14-21(30)25(19)23/h7-10,23H,6,11-15H2,1-5H3,(H,31,32). The molecule has 1 N–H and O–H groups in total. The highest BCUT2D eigenvalue weighted by Crippen LogP contribution is 2.54. The van der Waals surface area contributed by atoms with Crippen LogP contribution in [0, 0.1) is 10.8 Å². The van der Waals surface area contributed by atoms with Crippen LogP contribution in [0.25, 0.3) is 0 Å². The predicted octanol–water partition coefficient (Wildman–Crippen LogP) is 4.86.